The van der Waals surface area contributed by atoms with Gasteiger partial charge in [0.1, 0.15) is 5.01 Å². The van der Waals surface area contributed by atoms with E-state index < -0.39 is 0 Å². The number of hydrogen-bond donors (Lipinski definition) is 1. The van der Waals surface area contributed by atoms with Gasteiger partial charge in [0.25, 0.3) is 0 Å². The molecule has 2 nitrogen and oxygen atoms in total. The van der Waals surface area contributed by atoms with E-state index in [0.29, 0.717) is 0 Å². The number of aromatic nitrogens is 1. The molecular weight excluding hydrogens is 204 g/mol. The highest BCUT2D eigenvalue weighted by Crippen LogP contribution is 2.08. The van der Waals surface area contributed by atoms with Crippen molar-refractivity contribution in [3.8, 4) is 0 Å². The number of nitrogens with zero attached hydrogens (tertiary/aromatic N) is 1. The van der Waals surface area contributed by atoms with E-state index in [1.165, 1.54) is 24.3 Å². The molecule has 0 aliphatic rings. The summed E-state index contributed by atoms with van der Waals surface area (Å²) < 4.78 is 0. The van der Waals surface area contributed by atoms with Crippen molar-refractivity contribution in [2.75, 3.05) is 6.54 Å². The van der Waals surface area contributed by atoms with E-state index >= 15 is 0 Å². The lowest BCUT2D eigenvalue weighted by Crippen LogP contribution is -2.14. The molecule has 1 rings (SSSR count). The van der Waals surface area contributed by atoms with Crippen LogP contribution in [-0.2, 0) is 6.54 Å². The first-order valence-electron chi connectivity index (χ1n) is 5.80. The second kappa shape index (κ2) is 6.96. The van der Waals surface area contributed by atoms with Crippen LogP contribution in [0.15, 0.2) is 5.38 Å². The van der Waals surface area contributed by atoms with Gasteiger partial charge in [0.2, 0.25) is 0 Å². The van der Waals surface area contributed by atoms with Crippen LogP contribution < -0.4 is 5.32 Å². The molecule has 3 heteroatoms. The Bertz CT molecular complexity index is 268. The van der Waals surface area contributed by atoms with Crippen LogP contribution in [0.25, 0.3) is 0 Å². The molecule has 1 heterocycles. The summed E-state index contributed by atoms with van der Waals surface area (Å²) in [5.74, 6) is 0.839. The molecule has 1 aromatic heterocycles. The van der Waals surface area contributed by atoms with Crippen LogP contribution in [0.5, 0.6) is 0 Å². The van der Waals surface area contributed by atoms with Crippen molar-refractivity contribution in [1.82, 2.24) is 10.3 Å². The Morgan fingerprint density at radius 2 is 2.20 bits per heavy atom. The van der Waals surface area contributed by atoms with E-state index in [-0.39, 0.29) is 0 Å². The van der Waals surface area contributed by atoms with E-state index in [9.17, 15) is 0 Å². The van der Waals surface area contributed by atoms with E-state index in [1.54, 1.807) is 11.3 Å². The minimum Gasteiger partial charge on any atom is -0.310 e. The van der Waals surface area contributed by atoms with Crippen LogP contribution in [0, 0.1) is 12.8 Å². The van der Waals surface area contributed by atoms with Gasteiger partial charge in [0.15, 0.2) is 0 Å². The molecule has 0 aliphatic carbocycles. The first kappa shape index (κ1) is 12.7. The molecule has 0 saturated carbocycles. The van der Waals surface area contributed by atoms with Gasteiger partial charge in [-0.1, -0.05) is 26.7 Å². The zero-order valence-corrected chi connectivity index (χ0v) is 10.9. The molecule has 0 aliphatic heterocycles. The number of unbranched alkanes of at least 4 members (excludes halogenated alkanes) is 1. The van der Waals surface area contributed by atoms with Crippen LogP contribution >= 0.6 is 11.3 Å². The molecule has 0 amide bonds. The van der Waals surface area contributed by atoms with Crippen molar-refractivity contribution in [3.63, 3.8) is 0 Å². The van der Waals surface area contributed by atoms with Crippen molar-refractivity contribution >= 4 is 11.3 Å². The second-order valence-electron chi connectivity index (χ2n) is 4.45. The van der Waals surface area contributed by atoms with E-state index in [0.717, 1.165) is 24.7 Å². The molecular formula is C12H22N2S. The van der Waals surface area contributed by atoms with Crippen molar-refractivity contribution < 1.29 is 0 Å². The maximum absolute atomic E-state index is 4.41. The molecule has 0 aromatic carbocycles. The summed E-state index contributed by atoms with van der Waals surface area (Å²) >= 11 is 1.74. The molecule has 0 atom stereocenters. The SMILES string of the molecule is Cc1csc(CNCCCCC(C)C)n1. The fraction of sp³-hybridized carbons (Fsp3) is 0.750. The Morgan fingerprint density at radius 3 is 2.80 bits per heavy atom. The van der Waals surface area contributed by atoms with E-state index in [4.69, 9.17) is 0 Å². The molecule has 15 heavy (non-hydrogen) atoms. The molecule has 86 valence electrons. The minimum absolute atomic E-state index is 0.839. The number of thiazole rings is 1. The average molecular weight is 226 g/mol. The van der Waals surface area contributed by atoms with Gasteiger partial charge >= 0.3 is 0 Å². The summed E-state index contributed by atoms with van der Waals surface area (Å²) in [5, 5.41) is 6.75. The molecule has 0 fully saturated rings. The monoisotopic (exact) mass is 226 g/mol. The molecule has 1 aromatic rings. The third-order valence-electron chi connectivity index (χ3n) is 2.33. The van der Waals surface area contributed by atoms with Crippen LogP contribution in [-0.4, -0.2) is 11.5 Å². The minimum atomic E-state index is 0.839. The average Bonchev–Trinajstić information content (AvgIpc) is 2.57. The smallest absolute Gasteiger partial charge is 0.107 e. The highest BCUT2D eigenvalue weighted by atomic mass is 32.1. The van der Waals surface area contributed by atoms with Gasteiger partial charge in [-0.3, -0.25) is 0 Å². The number of hydrogen-bond acceptors (Lipinski definition) is 3. The number of rotatable bonds is 7. The third-order valence-corrected chi connectivity index (χ3v) is 3.29. The van der Waals surface area contributed by atoms with Crippen molar-refractivity contribution in [3.05, 3.63) is 16.1 Å². The normalized spacial score (nSPS) is 11.2. The van der Waals surface area contributed by atoms with Crippen molar-refractivity contribution in [2.24, 2.45) is 5.92 Å². The summed E-state index contributed by atoms with van der Waals surface area (Å²) in [6, 6.07) is 0. The van der Waals surface area contributed by atoms with Crippen LogP contribution in [0.1, 0.15) is 43.8 Å². The summed E-state index contributed by atoms with van der Waals surface area (Å²) in [4.78, 5) is 4.41. The predicted molar refractivity (Wildman–Crippen MR) is 67.2 cm³/mol. The zero-order chi connectivity index (χ0) is 11.1. The zero-order valence-electron chi connectivity index (χ0n) is 10.0. The quantitative estimate of drug-likeness (QED) is 0.721. The van der Waals surface area contributed by atoms with Gasteiger partial charge in [0, 0.05) is 17.6 Å². The highest BCUT2D eigenvalue weighted by molar-refractivity contribution is 7.09. The Labute approximate surface area is 97.1 Å². The fourth-order valence-corrected chi connectivity index (χ4v) is 2.22. The number of nitrogens with one attached hydrogen (secondary N) is 1. The third kappa shape index (κ3) is 5.90. The summed E-state index contributed by atoms with van der Waals surface area (Å²) in [5.41, 5.74) is 1.14. The maximum atomic E-state index is 4.41. The van der Waals surface area contributed by atoms with Crippen LogP contribution in [0.3, 0.4) is 0 Å². The first-order valence-corrected chi connectivity index (χ1v) is 6.68. The lowest BCUT2D eigenvalue weighted by molar-refractivity contribution is 0.520. The Morgan fingerprint density at radius 1 is 1.40 bits per heavy atom. The molecule has 0 unspecified atom stereocenters. The summed E-state index contributed by atoms with van der Waals surface area (Å²) in [6.07, 6.45) is 3.96. The molecule has 0 radical (unpaired) electrons. The van der Waals surface area contributed by atoms with Crippen LogP contribution in [0.4, 0.5) is 0 Å². The Kier molecular flexibility index (Phi) is 5.88. The fourth-order valence-electron chi connectivity index (χ4n) is 1.48. The van der Waals surface area contributed by atoms with Crippen molar-refractivity contribution in [2.45, 2.75) is 46.6 Å². The maximum Gasteiger partial charge on any atom is 0.107 e. The number of aryl methyl sites for hydroxylation is 1. The van der Waals surface area contributed by atoms with Gasteiger partial charge < -0.3 is 5.32 Å². The largest absolute Gasteiger partial charge is 0.310 e. The predicted octanol–water partition coefficient (Wildman–Crippen LogP) is 3.37. The lowest BCUT2D eigenvalue weighted by atomic mass is 10.1. The molecule has 0 saturated heterocycles. The van der Waals surface area contributed by atoms with Gasteiger partial charge in [-0.25, -0.2) is 4.98 Å². The van der Waals surface area contributed by atoms with Gasteiger partial charge in [0.05, 0.1) is 0 Å². The van der Waals surface area contributed by atoms with Crippen molar-refractivity contribution in [1.29, 1.82) is 0 Å². The highest BCUT2D eigenvalue weighted by Gasteiger charge is 1.98. The second-order valence-corrected chi connectivity index (χ2v) is 5.39. The molecule has 0 bridgehead atoms. The lowest BCUT2D eigenvalue weighted by Gasteiger charge is -2.04. The Hall–Kier alpha value is -0.410. The Balaban J connectivity index is 1.98. The van der Waals surface area contributed by atoms with Gasteiger partial charge in [-0.2, -0.15) is 0 Å². The summed E-state index contributed by atoms with van der Waals surface area (Å²) in [6.45, 7) is 8.66. The summed E-state index contributed by atoms with van der Waals surface area (Å²) in [7, 11) is 0. The van der Waals surface area contributed by atoms with E-state index in [1.807, 2.05) is 6.92 Å². The molecule has 1 N–H and O–H groups in total. The van der Waals surface area contributed by atoms with Gasteiger partial charge in [-0.05, 0) is 25.8 Å². The first-order chi connectivity index (χ1) is 7.18. The van der Waals surface area contributed by atoms with E-state index in [2.05, 4.69) is 29.5 Å². The topological polar surface area (TPSA) is 24.9 Å². The molecule has 0 spiro atoms. The van der Waals surface area contributed by atoms with Gasteiger partial charge in [-0.15, -0.1) is 11.3 Å². The standard InChI is InChI=1S/C12H22N2S/c1-10(2)6-4-5-7-13-8-12-14-11(3)9-15-12/h9-10,13H,4-8H2,1-3H3. The van der Waals surface area contributed by atoms with Crippen LogP contribution in [0.2, 0.25) is 0 Å².